The summed E-state index contributed by atoms with van der Waals surface area (Å²) in [7, 11) is 0. The molecule has 0 fully saturated rings. The van der Waals surface area contributed by atoms with Crippen LogP contribution in [0.15, 0.2) is 6.08 Å². The zero-order valence-electron chi connectivity index (χ0n) is 7.97. The molecule has 0 aliphatic heterocycles. The standard InChI is InChI=1S/C10H7Cl5/c1-3-4(2)5-6(11)8(13)10(15)9(14)7(5)12/h3H,1-2H3. The molecule has 0 bridgehead atoms. The van der Waals surface area contributed by atoms with Gasteiger partial charge in [0.1, 0.15) is 0 Å². The van der Waals surface area contributed by atoms with Gasteiger partial charge in [0, 0.05) is 5.56 Å². The number of allylic oxidation sites excluding steroid dienone is 2. The Labute approximate surface area is 114 Å². The SMILES string of the molecule is CC=C(C)c1c(Cl)c(Cl)c(Cl)c(Cl)c1Cl. The van der Waals surface area contributed by atoms with Crippen molar-refractivity contribution in [2.45, 2.75) is 13.8 Å². The van der Waals surface area contributed by atoms with Gasteiger partial charge in [-0.25, -0.2) is 0 Å². The van der Waals surface area contributed by atoms with Gasteiger partial charge in [0.05, 0.1) is 25.1 Å². The van der Waals surface area contributed by atoms with Gasteiger partial charge in [-0.3, -0.25) is 0 Å². The highest BCUT2D eigenvalue weighted by molar-refractivity contribution is 6.55. The first-order valence-corrected chi connectivity index (χ1v) is 5.95. The van der Waals surface area contributed by atoms with Crippen LogP contribution >= 0.6 is 58.0 Å². The lowest BCUT2D eigenvalue weighted by molar-refractivity contribution is 1.54. The minimum atomic E-state index is 0.181. The van der Waals surface area contributed by atoms with Crippen LogP contribution < -0.4 is 0 Å². The highest BCUT2D eigenvalue weighted by Gasteiger charge is 2.19. The minimum absolute atomic E-state index is 0.181. The molecule has 0 saturated heterocycles. The lowest BCUT2D eigenvalue weighted by atomic mass is 10.1. The van der Waals surface area contributed by atoms with Crippen molar-refractivity contribution >= 4 is 63.6 Å². The summed E-state index contributed by atoms with van der Waals surface area (Å²) in [6, 6.07) is 0. The lowest BCUT2D eigenvalue weighted by Crippen LogP contribution is -1.88. The number of rotatable bonds is 1. The van der Waals surface area contributed by atoms with Crippen molar-refractivity contribution in [1.82, 2.24) is 0 Å². The molecule has 0 aliphatic rings. The highest BCUT2D eigenvalue weighted by Crippen LogP contribution is 2.46. The molecule has 0 atom stereocenters. The molecule has 0 N–H and O–H groups in total. The zero-order chi connectivity index (χ0) is 11.7. The summed E-state index contributed by atoms with van der Waals surface area (Å²) in [6.07, 6.45) is 1.87. The molecular formula is C10H7Cl5. The summed E-state index contributed by atoms with van der Waals surface area (Å²) in [5.41, 5.74) is 1.52. The second kappa shape index (κ2) is 5.16. The predicted octanol–water partition coefficient (Wildman–Crippen LogP) is 6.38. The molecule has 15 heavy (non-hydrogen) atoms. The first kappa shape index (κ1) is 13.5. The zero-order valence-corrected chi connectivity index (χ0v) is 11.7. The summed E-state index contributed by atoms with van der Waals surface area (Å²) >= 11 is 29.8. The molecule has 0 saturated carbocycles. The second-order valence-corrected chi connectivity index (χ2v) is 4.81. The summed E-state index contributed by atoms with van der Waals surface area (Å²) in [6.45, 7) is 3.74. The van der Waals surface area contributed by atoms with Crippen LogP contribution in [0.3, 0.4) is 0 Å². The van der Waals surface area contributed by atoms with Crippen molar-refractivity contribution in [2.24, 2.45) is 0 Å². The molecule has 0 spiro atoms. The molecule has 0 heterocycles. The smallest absolute Gasteiger partial charge is 0.0809 e. The first-order valence-electron chi connectivity index (χ1n) is 4.06. The van der Waals surface area contributed by atoms with Crippen molar-refractivity contribution in [3.05, 3.63) is 36.8 Å². The van der Waals surface area contributed by atoms with Gasteiger partial charge in [0.15, 0.2) is 0 Å². The molecular weight excluding hydrogens is 297 g/mol. The van der Waals surface area contributed by atoms with Crippen LogP contribution in [0, 0.1) is 0 Å². The molecule has 0 radical (unpaired) electrons. The summed E-state index contributed by atoms with van der Waals surface area (Å²) in [5.74, 6) is 0. The average molecular weight is 304 g/mol. The van der Waals surface area contributed by atoms with Crippen LogP contribution in [0.1, 0.15) is 19.4 Å². The van der Waals surface area contributed by atoms with Crippen LogP contribution in [-0.2, 0) is 0 Å². The van der Waals surface area contributed by atoms with Crippen LogP contribution in [0.4, 0.5) is 0 Å². The van der Waals surface area contributed by atoms with Crippen molar-refractivity contribution < 1.29 is 0 Å². The van der Waals surface area contributed by atoms with E-state index in [1.54, 1.807) is 0 Å². The van der Waals surface area contributed by atoms with Gasteiger partial charge in [0.25, 0.3) is 0 Å². The van der Waals surface area contributed by atoms with E-state index in [-0.39, 0.29) is 15.1 Å². The van der Waals surface area contributed by atoms with Gasteiger partial charge in [-0.1, -0.05) is 64.1 Å². The van der Waals surface area contributed by atoms with Crippen molar-refractivity contribution in [3.8, 4) is 0 Å². The van der Waals surface area contributed by atoms with Gasteiger partial charge < -0.3 is 0 Å². The average Bonchev–Trinajstić information content (AvgIpc) is 2.23. The molecule has 0 amide bonds. The third-order valence-electron chi connectivity index (χ3n) is 2.04. The Morgan fingerprint density at radius 2 is 1.13 bits per heavy atom. The Kier molecular flexibility index (Phi) is 4.64. The van der Waals surface area contributed by atoms with Crippen molar-refractivity contribution in [3.63, 3.8) is 0 Å². The van der Waals surface area contributed by atoms with Crippen LogP contribution in [0.5, 0.6) is 0 Å². The molecule has 0 aromatic heterocycles. The van der Waals surface area contributed by atoms with Crippen LogP contribution in [0.25, 0.3) is 5.57 Å². The van der Waals surface area contributed by atoms with Gasteiger partial charge >= 0.3 is 0 Å². The first-order chi connectivity index (χ1) is 6.91. The topological polar surface area (TPSA) is 0 Å². The molecule has 1 aromatic rings. The molecule has 1 rings (SSSR count). The fourth-order valence-electron chi connectivity index (χ4n) is 1.10. The second-order valence-electron chi connectivity index (χ2n) is 2.92. The number of hydrogen-bond donors (Lipinski definition) is 0. The molecule has 0 unspecified atom stereocenters. The van der Waals surface area contributed by atoms with E-state index < -0.39 is 0 Å². The van der Waals surface area contributed by atoms with Gasteiger partial charge in [-0.05, 0) is 19.4 Å². The molecule has 1 aromatic carbocycles. The van der Waals surface area contributed by atoms with E-state index >= 15 is 0 Å². The summed E-state index contributed by atoms with van der Waals surface area (Å²) < 4.78 is 0. The highest BCUT2D eigenvalue weighted by atomic mass is 35.5. The number of hydrogen-bond acceptors (Lipinski definition) is 0. The normalized spacial score (nSPS) is 12.1. The van der Waals surface area contributed by atoms with Crippen LogP contribution in [0.2, 0.25) is 25.1 Å². The molecule has 5 heteroatoms. The van der Waals surface area contributed by atoms with E-state index in [9.17, 15) is 0 Å². The van der Waals surface area contributed by atoms with Gasteiger partial charge in [-0.15, -0.1) is 0 Å². The fourth-order valence-corrected chi connectivity index (χ4v) is 2.53. The van der Waals surface area contributed by atoms with Gasteiger partial charge in [-0.2, -0.15) is 0 Å². The van der Waals surface area contributed by atoms with Gasteiger partial charge in [0.2, 0.25) is 0 Å². The Balaban J connectivity index is 3.67. The maximum Gasteiger partial charge on any atom is 0.0809 e. The maximum atomic E-state index is 6.05. The van der Waals surface area contributed by atoms with E-state index in [2.05, 4.69) is 0 Å². The molecule has 0 nitrogen and oxygen atoms in total. The quantitative estimate of drug-likeness (QED) is 0.417. The largest absolute Gasteiger partial charge is 0.0840 e. The lowest BCUT2D eigenvalue weighted by Gasteiger charge is -2.12. The van der Waals surface area contributed by atoms with Crippen molar-refractivity contribution in [2.75, 3.05) is 0 Å². The number of benzene rings is 1. The fraction of sp³-hybridized carbons (Fsp3) is 0.200. The Morgan fingerprint density at radius 1 is 0.800 bits per heavy atom. The summed E-state index contributed by atoms with van der Waals surface area (Å²) in [5, 5.41) is 1.28. The third-order valence-corrected chi connectivity index (χ3v) is 4.31. The Hall–Kier alpha value is 0.410. The molecule has 0 aliphatic carbocycles. The monoisotopic (exact) mass is 302 g/mol. The third kappa shape index (κ3) is 2.40. The van der Waals surface area contributed by atoms with E-state index in [4.69, 9.17) is 58.0 Å². The van der Waals surface area contributed by atoms with Crippen molar-refractivity contribution in [1.29, 1.82) is 0 Å². The summed E-state index contributed by atoms with van der Waals surface area (Å²) in [4.78, 5) is 0. The molecule has 82 valence electrons. The Bertz CT molecular complexity index is 405. The van der Waals surface area contributed by atoms with E-state index in [1.807, 2.05) is 19.9 Å². The van der Waals surface area contributed by atoms with E-state index in [0.29, 0.717) is 15.6 Å². The predicted molar refractivity (Wildman–Crippen MR) is 70.8 cm³/mol. The van der Waals surface area contributed by atoms with E-state index in [1.165, 1.54) is 0 Å². The maximum absolute atomic E-state index is 6.05. The van der Waals surface area contributed by atoms with E-state index in [0.717, 1.165) is 5.57 Å². The number of halogens is 5. The Morgan fingerprint density at radius 3 is 1.47 bits per heavy atom. The minimum Gasteiger partial charge on any atom is -0.0840 e. The van der Waals surface area contributed by atoms with Crippen LogP contribution in [-0.4, -0.2) is 0 Å².